The number of pyridine rings is 1. The molecule has 0 radical (unpaired) electrons. The van der Waals surface area contributed by atoms with Crippen LogP contribution in [-0.4, -0.2) is 23.0 Å². The highest BCUT2D eigenvalue weighted by Crippen LogP contribution is 2.24. The third kappa shape index (κ3) is 4.45. The summed E-state index contributed by atoms with van der Waals surface area (Å²) in [7, 11) is 0. The van der Waals surface area contributed by atoms with Gasteiger partial charge in [0, 0.05) is 11.7 Å². The Morgan fingerprint density at radius 3 is 2.39 bits per heavy atom. The van der Waals surface area contributed by atoms with Crippen molar-refractivity contribution in [2.75, 3.05) is 10.6 Å². The molecule has 1 fully saturated rings. The molecule has 0 unspecified atom stereocenters. The van der Waals surface area contributed by atoms with E-state index in [-0.39, 0.29) is 12.0 Å². The fourth-order valence-corrected chi connectivity index (χ4v) is 2.16. The third-order valence-corrected chi connectivity index (χ3v) is 3.43. The van der Waals surface area contributed by atoms with Crippen LogP contribution in [0.1, 0.15) is 37.2 Å². The van der Waals surface area contributed by atoms with Crippen LogP contribution in [0.4, 0.5) is 11.4 Å². The molecule has 1 amide bonds. The molecule has 1 saturated carbocycles. The number of benzene rings is 1. The maximum absolute atomic E-state index is 12.2. The summed E-state index contributed by atoms with van der Waals surface area (Å²) in [5, 5.41) is 6.18. The van der Waals surface area contributed by atoms with Crippen molar-refractivity contribution >= 4 is 17.3 Å². The quantitative estimate of drug-likeness (QED) is 0.854. The number of nitrogens with zero attached hydrogens (tertiary/aromatic N) is 1. The van der Waals surface area contributed by atoms with Crippen LogP contribution in [0.2, 0.25) is 0 Å². The van der Waals surface area contributed by atoms with Crippen molar-refractivity contribution in [2.24, 2.45) is 0 Å². The van der Waals surface area contributed by atoms with Gasteiger partial charge in [-0.2, -0.15) is 0 Å². The van der Waals surface area contributed by atoms with Crippen LogP contribution in [0.25, 0.3) is 0 Å². The Kier molecular flexibility index (Phi) is 4.46. The van der Waals surface area contributed by atoms with Crippen LogP contribution in [-0.2, 0) is 0 Å². The van der Waals surface area contributed by atoms with Gasteiger partial charge in [0.05, 0.1) is 18.0 Å². The van der Waals surface area contributed by atoms with Gasteiger partial charge >= 0.3 is 0 Å². The Bertz CT molecular complexity index is 662. The molecule has 1 aliphatic carbocycles. The topological polar surface area (TPSA) is 63.2 Å². The van der Waals surface area contributed by atoms with Gasteiger partial charge in [-0.1, -0.05) is 0 Å². The lowest BCUT2D eigenvalue weighted by Gasteiger charge is -2.10. The summed E-state index contributed by atoms with van der Waals surface area (Å²) in [5.74, 6) is 0.562. The minimum Gasteiger partial charge on any atom is -0.491 e. The zero-order valence-corrected chi connectivity index (χ0v) is 13.4. The van der Waals surface area contributed by atoms with E-state index in [1.807, 2.05) is 44.2 Å². The van der Waals surface area contributed by atoms with Crippen molar-refractivity contribution in [3.8, 4) is 5.75 Å². The van der Waals surface area contributed by atoms with Crippen molar-refractivity contribution in [3.05, 3.63) is 48.3 Å². The van der Waals surface area contributed by atoms with E-state index in [2.05, 4.69) is 15.6 Å². The molecule has 23 heavy (non-hydrogen) atoms. The Labute approximate surface area is 136 Å². The van der Waals surface area contributed by atoms with E-state index in [4.69, 9.17) is 4.74 Å². The van der Waals surface area contributed by atoms with Crippen molar-refractivity contribution < 1.29 is 9.53 Å². The summed E-state index contributed by atoms with van der Waals surface area (Å²) in [5.41, 5.74) is 2.07. The molecule has 120 valence electrons. The summed E-state index contributed by atoms with van der Waals surface area (Å²) in [6, 6.07) is 11.5. The van der Waals surface area contributed by atoms with E-state index in [9.17, 15) is 4.79 Å². The summed E-state index contributed by atoms with van der Waals surface area (Å²) < 4.78 is 5.58. The standard InChI is InChI=1S/C18H21N3O2/c1-12(2)23-16-8-5-14(6-9-16)21-18(22)17-10-7-15(11-19-17)20-13-3-4-13/h5-13,20H,3-4H2,1-2H3,(H,21,22). The highest BCUT2D eigenvalue weighted by atomic mass is 16.5. The van der Waals surface area contributed by atoms with Gasteiger partial charge in [-0.15, -0.1) is 0 Å². The molecule has 2 N–H and O–H groups in total. The maximum Gasteiger partial charge on any atom is 0.274 e. The number of hydrogen-bond donors (Lipinski definition) is 2. The fraction of sp³-hybridized carbons (Fsp3) is 0.333. The first kappa shape index (κ1) is 15.3. The molecule has 1 aromatic carbocycles. The van der Waals surface area contributed by atoms with Gasteiger partial charge in [0.15, 0.2) is 0 Å². The van der Waals surface area contributed by atoms with Crippen LogP contribution in [0, 0.1) is 0 Å². The lowest BCUT2D eigenvalue weighted by Crippen LogP contribution is -2.14. The highest BCUT2D eigenvalue weighted by molar-refractivity contribution is 6.02. The van der Waals surface area contributed by atoms with Gasteiger partial charge < -0.3 is 15.4 Å². The van der Waals surface area contributed by atoms with E-state index >= 15 is 0 Å². The van der Waals surface area contributed by atoms with Gasteiger partial charge in [-0.05, 0) is 63.1 Å². The summed E-state index contributed by atoms with van der Waals surface area (Å²) >= 11 is 0. The summed E-state index contributed by atoms with van der Waals surface area (Å²) in [6.45, 7) is 3.95. The monoisotopic (exact) mass is 311 g/mol. The molecule has 1 aliphatic rings. The molecular weight excluding hydrogens is 290 g/mol. The molecule has 0 atom stereocenters. The van der Waals surface area contributed by atoms with Crippen LogP contribution >= 0.6 is 0 Å². The van der Waals surface area contributed by atoms with Crippen LogP contribution in [0.15, 0.2) is 42.6 Å². The number of ether oxygens (including phenoxy) is 1. The first-order valence-electron chi connectivity index (χ1n) is 7.91. The van der Waals surface area contributed by atoms with Gasteiger partial charge in [0.2, 0.25) is 0 Å². The highest BCUT2D eigenvalue weighted by Gasteiger charge is 2.20. The molecule has 5 nitrogen and oxygen atoms in total. The largest absolute Gasteiger partial charge is 0.491 e. The van der Waals surface area contributed by atoms with Crippen LogP contribution in [0.5, 0.6) is 5.75 Å². The van der Waals surface area contributed by atoms with Gasteiger partial charge in [-0.3, -0.25) is 4.79 Å². The molecule has 0 saturated heterocycles. The van der Waals surface area contributed by atoms with Crippen molar-refractivity contribution in [2.45, 2.75) is 38.8 Å². The lowest BCUT2D eigenvalue weighted by molar-refractivity contribution is 0.102. The van der Waals surface area contributed by atoms with Crippen LogP contribution in [0.3, 0.4) is 0 Å². The van der Waals surface area contributed by atoms with E-state index in [1.54, 1.807) is 12.3 Å². The molecule has 0 aliphatic heterocycles. The first-order chi connectivity index (χ1) is 11.1. The molecule has 0 spiro atoms. The zero-order valence-electron chi connectivity index (χ0n) is 13.4. The van der Waals surface area contributed by atoms with E-state index in [0.29, 0.717) is 17.4 Å². The third-order valence-electron chi connectivity index (χ3n) is 3.43. The zero-order chi connectivity index (χ0) is 16.2. The number of nitrogens with one attached hydrogen (secondary N) is 2. The van der Waals surface area contributed by atoms with Gasteiger partial charge in [0.1, 0.15) is 11.4 Å². The van der Waals surface area contributed by atoms with Crippen LogP contribution < -0.4 is 15.4 Å². The van der Waals surface area contributed by atoms with Crippen molar-refractivity contribution in [1.29, 1.82) is 0 Å². The fourth-order valence-electron chi connectivity index (χ4n) is 2.16. The molecule has 2 aromatic rings. The lowest BCUT2D eigenvalue weighted by atomic mass is 10.2. The van der Waals surface area contributed by atoms with Crippen molar-refractivity contribution in [3.63, 3.8) is 0 Å². The number of aromatic nitrogens is 1. The average Bonchev–Trinajstić information content (AvgIpc) is 3.33. The number of rotatable bonds is 6. The maximum atomic E-state index is 12.2. The molecule has 5 heteroatoms. The summed E-state index contributed by atoms with van der Waals surface area (Å²) in [4.78, 5) is 16.4. The second kappa shape index (κ2) is 6.69. The smallest absolute Gasteiger partial charge is 0.274 e. The first-order valence-corrected chi connectivity index (χ1v) is 7.91. The number of hydrogen-bond acceptors (Lipinski definition) is 4. The average molecular weight is 311 g/mol. The molecule has 0 bridgehead atoms. The van der Waals surface area contributed by atoms with Gasteiger partial charge in [-0.25, -0.2) is 4.98 Å². The second-order valence-electron chi connectivity index (χ2n) is 6.00. The number of carbonyl (C=O) groups is 1. The second-order valence-corrected chi connectivity index (χ2v) is 6.00. The Hall–Kier alpha value is -2.56. The Morgan fingerprint density at radius 2 is 1.83 bits per heavy atom. The molecular formula is C18H21N3O2. The Balaban J connectivity index is 1.59. The number of amides is 1. The SMILES string of the molecule is CC(C)Oc1ccc(NC(=O)c2ccc(NC3CC3)cn2)cc1. The molecule has 1 aromatic heterocycles. The molecule has 1 heterocycles. The minimum absolute atomic E-state index is 0.127. The van der Waals surface area contributed by atoms with E-state index in [0.717, 1.165) is 11.4 Å². The molecule has 3 rings (SSSR count). The Morgan fingerprint density at radius 1 is 1.13 bits per heavy atom. The van der Waals surface area contributed by atoms with E-state index in [1.165, 1.54) is 12.8 Å². The van der Waals surface area contributed by atoms with E-state index < -0.39 is 0 Å². The van der Waals surface area contributed by atoms with Crippen molar-refractivity contribution in [1.82, 2.24) is 4.98 Å². The summed E-state index contributed by atoms with van der Waals surface area (Å²) in [6.07, 6.45) is 4.24. The predicted molar refractivity (Wildman–Crippen MR) is 91.0 cm³/mol. The predicted octanol–water partition coefficient (Wildman–Crippen LogP) is 3.70. The number of anilines is 2. The minimum atomic E-state index is -0.222. The normalized spacial score (nSPS) is 13.7. The number of carbonyl (C=O) groups excluding carboxylic acids is 1. The van der Waals surface area contributed by atoms with Gasteiger partial charge in [0.25, 0.3) is 5.91 Å².